The largest absolute Gasteiger partial charge is 0.480 e. The topological polar surface area (TPSA) is 95.9 Å². The van der Waals surface area contributed by atoms with Gasteiger partial charge in [-0.25, -0.2) is 9.59 Å². The Bertz CT molecular complexity index is 378. The number of nitrogens with zero attached hydrogens (tertiary/aromatic N) is 1. The summed E-state index contributed by atoms with van der Waals surface area (Å²) in [4.78, 5) is 36.2. The van der Waals surface area contributed by atoms with Gasteiger partial charge in [0, 0.05) is 13.1 Å². The molecule has 1 heterocycles. The van der Waals surface area contributed by atoms with Crippen molar-refractivity contribution in [2.24, 2.45) is 5.92 Å². The van der Waals surface area contributed by atoms with Crippen molar-refractivity contribution < 1.29 is 24.2 Å². The van der Waals surface area contributed by atoms with Crippen molar-refractivity contribution in [3.63, 3.8) is 0 Å². The highest BCUT2D eigenvalue weighted by Gasteiger charge is 2.29. The minimum atomic E-state index is -1.02. The molecule has 21 heavy (non-hydrogen) atoms. The van der Waals surface area contributed by atoms with E-state index in [1.807, 2.05) is 6.92 Å². The molecule has 7 heteroatoms. The third-order valence-electron chi connectivity index (χ3n) is 3.58. The number of carbonyl (C=O) groups excluding carboxylic acids is 2. The molecule has 0 aromatic rings. The Balaban J connectivity index is 2.44. The van der Waals surface area contributed by atoms with E-state index >= 15 is 0 Å². The molecule has 1 rings (SSSR count). The Morgan fingerprint density at radius 1 is 1.29 bits per heavy atom. The van der Waals surface area contributed by atoms with Crippen LogP contribution in [0.25, 0.3) is 0 Å². The predicted molar refractivity (Wildman–Crippen MR) is 75.8 cm³/mol. The van der Waals surface area contributed by atoms with E-state index in [1.54, 1.807) is 11.8 Å². The van der Waals surface area contributed by atoms with Crippen molar-refractivity contribution in [2.75, 3.05) is 19.7 Å². The van der Waals surface area contributed by atoms with Crippen molar-refractivity contribution in [2.45, 2.75) is 45.6 Å². The van der Waals surface area contributed by atoms with E-state index in [0.717, 1.165) is 0 Å². The maximum atomic E-state index is 12.0. The fraction of sp³-hybridized carbons (Fsp3) is 0.786. The van der Waals surface area contributed by atoms with E-state index < -0.39 is 12.0 Å². The fourth-order valence-corrected chi connectivity index (χ4v) is 2.36. The van der Waals surface area contributed by atoms with Crippen LogP contribution in [0.3, 0.4) is 0 Å². The monoisotopic (exact) mass is 300 g/mol. The molecule has 0 aromatic carbocycles. The molecule has 1 fully saturated rings. The van der Waals surface area contributed by atoms with E-state index in [9.17, 15) is 14.4 Å². The van der Waals surface area contributed by atoms with Gasteiger partial charge in [-0.2, -0.15) is 0 Å². The van der Waals surface area contributed by atoms with E-state index in [0.29, 0.717) is 45.4 Å². The summed E-state index contributed by atoms with van der Waals surface area (Å²) < 4.78 is 4.97. The van der Waals surface area contributed by atoms with Crippen LogP contribution in [-0.4, -0.2) is 53.7 Å². The summed E-state index contributed by atoms with van der Waals surface area (Å²) in [5, 5.41) is 11.6. The SMILES string of the molecule is CCCC(NC(=O)N1CCC(C(=O)OCC)CC1)C(=O)O. The number of piperidine rings is 1. The molecule has 0 aromatic heterocycles. The second-order valence-corrected chi connectivity index (χ2v) is 5.14. The molecule has 1 saturated heterocycles. The maximum absolute atomic E-state index is 12.0. The summed E-state index contributed by atoms with van der Waals surface area (Å²) in [6, 6.07) is -1.23. The van der Waals surface area contributed by atoms with Crippen molar-refractivity contribution in [1.82, 2.24) is 10.2 Å². The molecule has 120 valence electrons. The normalized spacial score (nSPS) is 17.1. The molecule has 1 unspecified atom stereocenters. The molecule has 0 saturated carbocycles. The molecule has 2 N–H and O–H groups in total. The summed E-state index contributed by atoms with van der Waals surface area (Å²) in [7, 11) is 0. The van der Waals surface area contributed by atoms with Crippen LogP contribution in [0.4, 0.5) is 4.79 Å². The highest BCUT2D eigenvalue weighted by molar-refractivity contribution is 5.82. The van der Waals surface area contributed by atoms with E-state index in [1.165, 1.54) is 0 Å². The average molecular weight is 300 g/mol. The van der Waals surface area contributed by atoms with Gasteiger partial charge in [-0.15, -0.1) is 0 Å². The van der Waals surface area contributed by atoms with Crippen LogP contribution in [0.1, 0.15) is 39.5 Å². The predicted octanol–water partition coefficient (Wildman–Crippen LogP) is 1.22. The lowest BCUT2D eigenvalue weighted by atomic mass is 9.97. The second-order valence-electron chi connectivity index (χ2n) is 5.14. The summed E-state index contributed by atoms with van der Waals surface area (Å²) >= 11 is 0. The number of ether oxygens (including phenoxy) is 1. The van der Waals surface area contributed by atoms with Crippen LogP contribution in [0.2, 0.25) is 0 Å². The first-order valence-corrected chi connectivity index (χ1v) is 7.44. The number of carboxylic acids is 1. The lowest BCUT2D eigenvalue weighted by Gasteiger charge is -2.31. The number of aliphatic carboxylic acids is 1. The van der Waals surface area contributed by atoms with Gasteiger partial charge in [0.1, 0.15) is 6.04 Å². The number of hydrogen-bond donors (Lipinski definition) is 2. The van der Waals surface area contributed by atoms with E-state index in [4.69, 9.17) is 9.84 Å². The number of urea groups is 1. The number of nitrogens with one attached hydrogen (secondary N) is 1. The molecular formula is C14H24N2O5. The third-order valence-corrected chi connectivity index (χ3v) is 3.58. The number of carbonyl (C=O) groups is 3. The lowest BCUT2D eigenvalue weighted by molar-refractivity contribution is -0.149. The van der Waals surface area contributed by atoms with E-state index in [-0.39, 0.29) is 17.9 Å². The zero-order chi connectivity index (χ0) is 15.8. The molecule has 2 amide bonds. The first-order chi connectivity index (χ1) is 9.99. The van der Waals surface area contributed by atoms with Gasteiger partial charge < -0.3 is 20.1 Å². The highest BCUT2D eigenvalue weighted by Crippen LogP contribution is 2.18. The van der Waals surface area contributed by atoms with Gasteiger partial charge in [0.25, 0.3) is 0 Å². The van der Waals surface area contributed by atoms with Crippen molar-refractivity contribution in [1.29, 1.82) is 0 Å². The maximum Gasteiger partial charge on any atom is 0.326 e. The summed E-state index contributed by atoms with van der Waals surface area (Å²) in [6.45, 7) is 4.87. The Hall–Kier alpha value is -1.79. The van der Waals surface area contributed by atoms with Gasteiger partial charge in [0.15, 0.2) is 0 Å². The van der Waals surface area contributed by atoms with Gasteiger partial charge in [-0.05, 0) is 26.2 Å². The smallest absolute Gasteiger partial charge is 0.326 e. The van der Waals surface area contributed by atoms with Gasteiger partial charge >= 0.3 is 18.0 Å². The van der Waals surface area contributed by atoms with Crippen LogP contribution < -0.4 is 5.32 Å². The van der Waals surface area contributed by atoms with E-state index in [2.05, 4.69) is 5.32 Å². The van der Waals surface area contributed by atoms with Crippen molar-refractivity contribution >= 4 is 18.0 Å². The lowest BCUT2D eigenvalue weighted by Crippen LogP contribution is -2.50. The molecule has 1 aliphatic rings. The quantitative estimate of drug-likeness (QED) is 0.719. The number of likely N-dealkylation sites (tertiary alicyclic amines) is 1. The standard InChI is InChI=1S/C14H24N2O5/c1-3-5-11(12(17)18)15-14(20)16-8-6-10(7-9-16)13(19)21-4-2/h10-11H,3-9H2,1-2H3,(H,15,20)(H,17,18). The zero-order valence-corrected chi connectivity index (χ0v) is 12.6. The van der Waals surface area contributed by atoms with Crippen LogP contribution >= 0.6 is 0 Å². The molecule has 1 aliphatic heterocycles. The first kappa shape index (κ1) is 17.3. The Kier molecular flexibility index (Phi) is 6.98. The highest BCUT2D eigenvalue weighted by atomic mass is 16.5. The van der Waals surface area contributed by atoms with Crippen molar-refractivity contribution in [3.8, 4) is 0 Å². The molecule has 0 spiro atoms. The Morgan fingerprint density at radius 2 is 1.90 bits per heavy atom. The van der Waals surface area contributed by atoms with Crippen LogP contribution in [-0.2, 0) is 14.3 Å². The minimum Gasteiger partial charge on any atom is -0.480 e. The number of amides is 2. The van der Waals surface area contributed by atoms with Crippen LogP contribution in [0, 0.1) is 5.92 Å². The number of hydrogen-bond acceptors (Lipinski definition) is 4. The zero-order valence-electron chi connectivity index (χ0n) is 12.6. The van der Waals surface area contributed by atoms with Gasteiger partial charge in [-0.3, -0.25) is 4.79 Å². The second kappa shape index (κ2) is 8.49. The number of carboxylic acid groups (broad SMARTS) is 1. The van der Waals surface area contributed by atoms with Gasteiger partial charge in [-0.1, -0.05) is 13.3 Å². The van der Waals surface area contributed by atoms with Gasteiger partial charge in [0.05, 0.1) is 12.5 Å². The Morgan fingerprint density at radius 3 is 2.38 bits per heavy atom. The third kappa shape index (κ3) is 5.24. The minimum absolute atomic E-state index is 0.167. The first-order valence-electron chi connectivity index (χ1n) is 7.44. The Labute approximate surface area is 124 Å². The molecule has 1 atom stereocenters. The molecule has 0 radical (unpaired) electrons. The molecule has 0 bridgehead atoms. The molecule has 0 aliphatic carbocycles. The molecule has 7 nitrogen and oxygen atoms in total. The summed E-state index contributed by atoms with van der Waals surface area (Å²) in [5.74, 6) is -1.40. The number of rotatable bonds is 6. The average Bonchev–Trinajstić information content (AvgIpc) is 2.47. The van der Waals surface area contributed by atoms with Crippen LogP contribution in [0.15, 0.2) is 0 Å². The van der Waals surface area contributed by atoms with Gasteiger partial charge in [0.2, 0.25) is 0 Å². The molecular weight excluding hydrogens is 276 g/mol. The summed E-state index contributed by atoms with van der Waals surface area (Å²) in [6.07, 6.45) is 2.19. The van der Waals surface area contributed by atoms with Crippen molar-refractivity contribution in [3.05, 3.63) is 0 Å². The fourth-order valence-electron chi connectivity index (χ4n) is 2.36. The summed E-state index contributed by atoms with van der Waals surface area (Å²) in [5.41, 5.74) is 0. The van der Waals surface area contributed by atoms with Crippen LogP contribution in [0.5, 0.6) is 0 Å². The number of esters is 1.